The van der Waals surface area contributed by atoms with Crippen LogP contribution in [0.3, 0.4) is 0 Å². The SMILES string of the molecule is CCc1c(C#N)c(SC(C(N)=O)c2ccccc2)nc(N2CCC3(COC3)C2)c1C#N. The zero-order chi connectivity index (χ0) is 22.0. The van der Waals surface area contributed by atoms with Gasteiger partial charge in [0.2, 0.25) is 5.91 Å². The van der Waals surface area contributed by atoms with Gasteiger partial charge in [0, 0.05) is 18.5 Å². The summed E-state index contributed by atoms with van der Waals surface area (Å²) >= 11 is 1.17. The van der Waals surface area contributed by atoms with Gasteiger partial charge in [0.25, 0.3) is 0 Å². The quantitative estimate of drug-likeness (QED) is 0.696. The molecule has 0 bridgehead atoms. The number of benzene rings is 1. The van der Waals surface area contributed by atoms with Gasteiger partial charge < -0.3 is 15.4 Å². The Morgan fingerprint density at radius 1 is 1.29 bits per heavy atom. The smallest absolute Gasteiger partial charge is 0.235 e. The van der Waals surface area contributed by atoms with Crippen molar-refractivity contribution in [3.8, 4) is 12.1 Å². The zero-order valence-electron chi connectivity index (χ0n) is 17.3. The van der Waals surface area contributed by atoms with Gasteiger partial charge in [-0.1, -0.05) is 49.0 Å². The van der Waals surface area contributed by atoms with E-state index < -0.39 is 11.2 Å². The van der Waals surface area contributed by atoms with Crippen LogP contribution in [0.2, 0.25) is 0 Å². The Kier molecular flexibility index (Phi) is 5.86. The van der Waals surface area contributed by atoms with Crippen LogP contribution < -0.4 is 10.6 Å². The number of carbonyl (C=O) groups is 1. The van der Waals surface area contributed by atoms with Gasteiger partial charge >= 0.3 is 0 Å². The van der Waals surface area contributed by atoms with E-state index in [-0.39, 0.29) is 5.41 Å². The number of ether oxygens (including phenoxy) is 1. The molecule has 2 fully saturated rings. The van der Waals surface area contributed by atoms with Gasteiger partial charge in [0.05, 0.1) is 24.3 Å². The lowest BCUT2D eigenvalue weighted by Crippen LogP contribution is -2.44. The van der Waals surface area contributed by atoms with E-state index in [0.717, 1.165) is 38.3 Å². The minimum absolute atomic E-state index is 0.127. The van der Waals surface area contributed by atoms with Crippen LogP contribution in [0.25, 0.3) is 0 Å². The van der Waals surface area contributed by atoms with E-state index in [1.807, 2.05) is 37.3 Å². The van der Waals surface area contributed by atoms with Crippen LogP contribution in [-0.4, -0.2) is 37.2 Å². The second-order valence-corrected chi connectivity index (χ2v) is 9.12. The first-order valence-corrected chi connectivity index (χ1v) is 11.1. The van der Waals surface area contributed by atoms with Crippen molar-refractivity contribution in [3.63, 3.8) is 0 Å². The molecule has 0 aliphatic carbocycles. The summed E-state index contributed by atoms with van der Waals surface area (Å²) in [5, 5.41) is 19.6. The normalized spacial score (nSPS) is 17.6. The lowest BCUT2D eigenvalue weighted by Gasteiger charge is -2.37. The lowest BCUT2D eigenvalue weighted by molar-refractivity contribution is -0.117. The zero-order valence-corrected chi connectivity index (χ0v) is 18.1. The molecule has 2 aliphatic rings. The number of nitriles is 2. The summed E-state index contributed by atoms with van der Waals surface area (Å²) in [4.78, 5) is 19.2. The van der Waals surface area contributed by atoms with Gasteiger partial charge in [0.1, 0.15) is 28.2 Å². The minimum Gasteiger partial charge on any atom is -0.380 e. The molecule has 31 heavy (non-hydrogen) atoms. The van der Waals surface area contributed by atoms with Gasteiger partial charge in [-0.3, -0.25) is 4.79 Å². The first kappa shape index (κ1) is 21.2. The van der Waals surface area contributed by atoms with E-state index in [9.17, 15) is 15.3 Å². The molecule has 1 unspecified atom stereocenters. The van der Waals surface area contributed by atoms with Gasteiger partial charge in [-0.2, -0.15) is 10.5 Å². The number of nitrogens with zero attached hydrogens (tertiary/aromatic N) is 4. The molecule has 4 rings (SSSR count). The Morgan fingerprint density at radius 3 is 2.52 bits per heavy atom. The van der Waals surface area contributed by atoms with Crippen LogP contribution in [0.4, 0.5) is 5.82 Å². The second-order valence-electron chi connectivity index (χ2n) is 8.02. The maximum Gasteiger partial charge on any atom is 0.235 e. The molecule has 158 valence electrons. The van der Waals surface area contributed by atoms with Crippen molar-refractivity contribution < 1.29 is 9.53 Å². The topological polar surface area (TPSA) is 116 Å². The summed E-state index contributed by atoms with van der Waals surface area (Å²) in [6, 6.07) is 13.7. The average Bonchev–Trinajstić information content (AvgIpc) is 3.23. The predicted molar refractivity (Wildman–Crippen MR) is 117 cm³/mol. The van der Waals surface area contributed by atoms with E-state index in [4.69, 9.17) is 15.5 Å². The summed E-state index contributed by atoms with van der Waals surface area (Å²) in [5.74, 6) is 0.0819. The number of thioether (sulfide) groups is 1. The van der Waals surface area contributed by atoms with Crippen molar-refractivity contribution in [2.24, 2.45) is 11.1 Å². The highest BCUT2D eigenvalue weighted by Gasteiger charge is 2.45. The average molecular weight is 434 g/mol. The van der Waals surface area contributed by atoms with Gasteiger partial charge in [0.15, 0.2) is 0 Å². The molecule has 2 aliphatic heterocycles. The standard InChI is InChI=1S/C23H23N5O2S/c1-2-16-17(10-24)21(28-9-8-23(12-28)13-30-14-23)27-22(18(16)11-25)31-19(20(26)29)15-6-4-3-5-7-15/h3-7,19H,2,8-9,12-14H2,1H3,(H2,26,29). The number of rotatable bonds is 6. The Labute approximate surface area is 185 Å². The molecule has 1 atom stereocenters. The first-order valence-electron chi connectivity index (χ1n) is 10.2. The molecule has 0 saturated carbocycles. The summed E-state index contributed by atoms with van der Waals surface area (Å²) in [7, 11) is 0. The molecule has 2 N–H and O–H groups in total. The number of hydrogen-bond donors (Lipinski definition) is 1. The number of amides is 1. The van der Waals surface area contributed by atoms with E-state index in [0.29, 0.717) is 34.0 Å². The molecular weight excluding hydrogens is 410 g/mol. The van der Waals surface area contributed by atoms with Crippen LogP contribution in [-0.2, 0) is 16.0 Å². The number of nitrogens with two attached hydrogens (primary N) is 1. The van der Waals surface area contributed by atoms with Crippen molar-refractivity contribution in [2.75, 3.05) is 31.2 Å². The second kappa shape index (κ2) is 8.58. The number of hydrogen-bond acceptors (Lipinski definition) is 7. The molecule has 1 spiro atoms. The first-order chi connectivity index (χ1) is 15.0. The lowest BCUT2D eigenvalue weighted by atomic mass is 9.85. The Hall–Kier alpha value is -3.07. The van der Waals surface area contributed by atoms with Gasteiger partial charge in [-0.15, -0.1) is 0 Å². The molecule has 7 nitrogen and oxygen atoms in total. The maximum absolute atomic E-state index is 12.3. The Bertz CT molecular complexity index is 1090. The van der Waals surface area contributed by atoms with Crippen LogP contribution in [0.15, 0.2) is 35.4 Å². The fourth-order valence-corrected chi connectivity index (χ4v) is 5.33. The number of primary amides is 1. The molecule has 8 heteroatoms. The summed E-state index contributed by atoms with van der Waals surface area (Å²) in [5.41, 5.74) is 8.04. The van der Waals surface area contributed by atoms with Crippen LogP contribution in [0.1, 0.15) is 40.8 Å². The molecule has 1 aromatic heterocycles. The maximum atomic E-state index is 12.3. The highest BCUT2D eigenvalue weighted by Crippen LogP contribution is 2.43. The number of pyridine rings is 1. The molecule has 3 heterocycles. The fourth-order valence-electron chi connectivity index (χ4n) is 4.27. The van der Waals surface area contributed by atoms with E-state index in [1.54, 1.807) is 0 Å². The van der Waals surface area contributed by atoms with Crippen molar-refractivity contribution in [2.45, 2.75) is 30.0 Å². The molecule has 2 saturated heterocycles. The van der Waals surface area contributed by atoms with E-state index in [2.05, 4.69) is 17.0 Å². The predicted octanol–water partition coefficient (Wildman–Crippen LogP) is 2.93. The highest BCUT2D eigenvalue weighted by molar-refractivity contribution is 8.00. The summed E-state index contributed by atoms with van der Waals surface area (Å²) < 4.78 is 5.42. The van der Waals surface area contributed by atoms with Gasteiger partial charge in [-0.25, -0.2) is 4.98 Å². The van der Waals surface area contributed by atoms with Crippen molar-refractivity contribution >= 4 is 23.5 Å². The molecule has 1 amide bonds. The Morgan fingerprint density at radius 2 is 2.00 bits per heavy atom. The third-order valence-corrected chi connectivity index (χ3v) is 7.23. The largest absolute Gasteiger partial charge is 0.380 e. The van der Waals surface area contributed by atoms with Crippen molar-refractivity contribution in [3.05, 3.63) is 52.6 Å². The third-order valence-electron chi connectivity index (χ3n) is 5.97. The summed E-state index contributed by atoms with van der Waals surface area (Å²) in [6.45, 7) is 4.92. The molecule has 1 aromatic carbocycles. The minimum atomic E-state index is -0.684. The van der Waals surface area contributed by atoms with E-state index >= 15 is 0 Å². The van der Waals surface area contributed by atoms with Gasteiger partial charge in [-0.05, 0) is 24.0 Å². The van der Waals surface area contributed by atoms with E-state index in [1.165, 1.54) is 11.8 Å². The fraction of sp³-hybridized carbons (Fsp3) is 0.391. The number of aromatic nitrogens is 1. The summed E-state index contributed by atoms with van der Waals surface area (Å²) in [6.07, 6.45) is 1.50. The molecule has 0 radical (unpaired) electrons. The highest BCUT2D eigenvalue weighted by atomic mass is 32.2. The van der Waals surface area contributed by atoms with Crippen LogP contribution in [0.5, 0.6) is 0 Å². The van der Waals surface area contributed by atoms with Crippen molar-refractivity contribution in [1.82, 2.24) is 4.98 Å². The third kappa shape index (κ3) is 3.85. The molecule has 2 aromatic rings. The van der Waals surface area contributed by atoms with Crippen LogP contribution in [0, 0.1) is 28.1 Å². The molecular formula is C23H23N5O2S. The van der Waals surface area contributed by atoms with Crippen LogP contribution >= 0.6 is 11.8 Å². The van der Waals surface area contributed by atoms with Crippen molar-refractivity contribution in [1.29, 1.82) is 10.5 Å². The number of anilines is 1. The Balaban J connectivity index is 1.79. The monoisotopic (exact) mass is 433 g/mol. The number of carbonyl (C=O) groups excluding carboxylic acids is 1.